The van der Waals surface area contributed by atoms with Crippen molar-refractivity contribution in [3.63, 3.8) is 0 Å². The number of aliphatic hydroxyl groups excluding tert-OH is 2. The fourth-order valence-corrected chi connectivity index (χ4v) is 3.24. The molecule has 4 heteroatoms. The zero-order valence-corrected chi connectivity index (χ0v) is 19.5. The van der Waals surface area contributed by atoms with Crippen LogP contribution in [0.25, 0.3) is 33.5 Å². The number of rotatable bonds is 4. The van der Waals surface area contributed by atoms with Crippen LogP contribution in [0.3, 0.4) is 0 Å². The second kappa shape index (κ2) is 11.7. The summed E-state index contributed by atoms with van der Waals surface area (Å²) in [5, 5.41) is 17.1. The van der Waals surface area contributed by atoms with Crippen molar-refractivity contribution in [1.29, 1.82) is 0 Å². The molecule has 2 N–H and O–H groups in total. The van der Waals surface area contributed by atoms with Crippen LogP contribution in [0.15, 0.2) is 85.1 Å². The van der Waals surface area contributed by atoms with Crippen molar-refractivity contribution in [3.05, 3.63) is 91.1 Å². The van der Waals surface area contributed by atoms with Crippen LogP contribution in [0.5, 0.6) is 0 Å². The second-order valence-corrected chi connectivity index (χ2v) is 7.17. The van der Waals surface area contributed by atoms with Gasteiger partial charge in [-0.2, -0.15) is 0 Å². The summed E-state index contributed by atoms with van der Waals surface area (Å²) in [6, 6.07) is 30.4. The third-order valence-electron chi connectivity index (χ3n) is 4.51. The van der Waals surface area contributed by atoms with Crippen LogP contribution in [0.1, 0.15) is 20.3 Å². The van der Waals surface area contributed by atoms with Gasteiger partial charge in [-0.1, -0.05) is 60.7 Å². The molecule has 1 aromatic carbocycles. The van der Waals surface area contributed by atoms with Gasteiger partial charge in [0.2, 0.25) is 0 Å². The number of hydrogen-bond acceptors (Lipinski definition) is 3. The standard InChI is InChI=1S/C21H14N.C5H12O2.Ir/c1-2-7-16(8-3-1)17-9-6-10-19-18(15-17)12-13-20(19)21-11-4-5-14-22-21;1-4(6)3-5(2)7;/h1-12,14-15H;4-7H,3H2,1-2H3;/q-1;;. The van der Waals surface area contributed by atoms with Crippen molar-refractivity contribution in [1.82, 2.24) is 4.98 Å². The number of benzene rings is 1. The van der Waals surface area contributed by atoms with E-state index in [2.05, 4.69) is 59.6 Å². The van der Waals surface area contributed by atoms with Gasteiger partial charge in [0.05, 0.1) is 12.2 Å². The Hall–Kier alpha value is -2.36. The number of aliphatic hydroxyl groups is 2. The minimum absolute atomic E-state index is 0. The third kappa shape index (κ3) is 6.58. The first-order valence-electron chi connectivity index (χ1n) is 9.82. The number of aromatic nitrogens is 1. The van der Waals surface area contributed by atoms with Gasteiger partial charge < -0.3 is 15.2 Å². The van der Waals surface area contributed by atoms with Crippen molar-refractivity contribution < 1.29 is 30.3 Å². The van der Waals surface area contributed by atoms with E-state index in [0.29, 0.717) is 6.42 Å². The van der Waals surface area contributed by atoms with Gasteiger partial charge in [-0.05, 0) is 43.2 Å². The van der Waals surface area contributed by atoms with Crippen LogP contribution < -0.4 is 0 Å². The normalized spacial score (nSPS) is 12.3. The molecule has 0 bridgehead atoms. The van der Waals surface area contributed by atoms with Gasteiger partial charge in [0.15, 0.2) is 0 Å². The molecule has 0 saturated heterocycles. The molecular weight excluding hydrogens is 551 g/mol. The molecule has 2 unspecified atom stereocenters. The molecule has 0 aliphatic heterocycles. The van der Waals surface area contributed by atoms with Crippen molar-refractivity contribution >= 4 is 0 Å². The summed E-state index contributed by atoms with van der Waals surface area (Å²) in [6.07, 6.45) is 1.54. The number of pyridine rings is 1. The minimum atomic E-state index is -0.375. The van der Waals surface area contributed by atoms with Crippen LogP contribution in [-0.4, -0.2) is 27.4 Å². The first-order valence-corrected chi connectivity index (χ1v) is 9.82. The zero-order valence-electron chi connectivity index (χ0n) is 17.1. The van der Waals surface area contributed by atoms with E-state index in [1.807, 2.05) is 36.5 Å². The van der Waals surface area contributed by atoms with Gasteiger partial charge in [-0.15, -0.1) is 34.9 Å². The average molecular weight is 577 g/mol. The fraction of sp³-hybridized carbons (Fsp3) is 0.192. The smallest absolute Gasteiger partial charge is 0.0536 e. The predicted molar refractivity (Wildman–Crippen MR) is 119 cm³/mol. The Morgan fingerprint density at radius 3 is 2.07 bits per heavy atom. The van der Waals surface area contributed by atoms with E-state index in [0.717, 1.165) is 11.3 Å². The van der Waals surface area contributed by atoms with Crippen LogP contribution >= 0.6 is 0 Å². The van der Waals surface area contributed by atoms with Crippen molar-refractivity contribution in [2.24, 2.45) is 0 Å². The van der Waals surface area contributed by atoms with Crippen LogP contribution in [0.2, 0.25) is 0 Å². The van der Waals surface area contributed by atoms with Crippen LogP contribution in [0, 0.1) is 6.07 Å². The van der Waals surface area contributed by atoms with E-state index >= 15 is 0 Å². The van der Waals surface area contributed by atoms with E-state index < -0.39 is 0 Å². The molecule has 1 aromatic heterocycles. The van der Waals surface area contributed by atoms with Gasteiger partial charge >= 0.3 is 0 Å². The summed E-state index contributed by atoms with van der Waals surface area (Å²) in [7, 11) is 0. The largest absolute Gasteiger partial charge is 0.393 e. The zero-order chi connectivity index (χ0) is 20.6. The summed E-state index contributed by atoms with van der Waals surface area (Å²) in [6.45, 7) is 3.32. The molecule has 0 saturated carbocycles. The van der Waals surface area contributed by atoms with Gasteiger partial charge in [0, 0.05) is 26.3 Å². The average Bonchev–Trinajstić information content (AvgIpc) is 2.98. The maximum absolute atomic E-state index is 8.56. The topological polar surface area (TPSA) is 53.4 Å². The molecule has 0 amide bonds. The summed E-state index contributed by atoms with van der Waals surface area (Å²) in [4.78, 5) is 4.44. The molecule has 3 nitrogen and oxygen atoms in total. The molecule has 0 fully saturated rings. The Morgan fingerprint density at radius 1 is 0.800 bits per heavy atom. The first kappa shape index (κ1) is 23.9. The molecule has 2 aliphatic rings. The number of fused-ring (bicyclic) bond motifs is 1. The number of hydrogen-bond donors (Lipinski definition) is 2. The summed E-state index contributed by atoms with van der Waals surface area (Å²) in [5.74, 6) is 0. The van der Waals surface area contributed by atoms with Crippen LogP contribution in [0.4, 0.5) is 0 Å². The first-order chi connectivity index (χ1) is 14.0. The Labute approximate surface area is 192 Å². The van der Waals surface area contributed by atoms with Crippen molar-refractivity contribution in [3.8, 4) is 33.5 Å². The van der Waals surface area contributed by atoms with Crippen molar-refractivity contribution in [2.45, 2.75) is 32.5 Å². The molecule has 2 atom stereocenters. The Balaban J connectivity index is 0.000000350. The summed E-state index contributed by atoms with van der Waals surface area (Å²) < 4.78 is 0. The molecule has 2 aromatic rings. The molecular formula is C26H26IrNO2-. The van der Waals surface area contributed by atoms with E-state index in [1.165, 1.54) is 22.3 Å². The monoisotopic (exact) mass is 577 g/mol. The molecule has 4 rings (SSSR count). The molecule has 2 aliphatic carbocycles. The van der Waals surface area contributed by atoms with Gasteiger partial charge in [-0.3, -0.25) is 0 Å². The van der Waals surface area contributed by atoms with E-state index in [9.17, 15) is 0 Å². The summed E-state index contributed by atoms with van der Waals surface area (Å²) in [5.41, 5.74) is 6.82. The minimum Gasteiger partial charge on any atom is -0.393 e. The maximum Gasteiger partial charge on any atom is 0.0536 e. The molecule has 157 valence electrons. The van der Waals surface area contributed by atoms with Gasteiger partial charge in [-0.25, -0.2) is 0 Å². The third-order valence-corrected chi connectivity index (χ3v) is 4.51. The molecule has 1 radical (unpaired) electrons. The Kier molecular flexibility index (Phi) is 9.35. The van der Waals surface area contributed by atoms with Crippen LogP contribution in [-0.2, 0) is 20.1 Å². The molecule has 0 spiro atoms. The SMILES string of the molecule is CC(O)CC(C)O.[Ir].[c-]1cc2cc(-c3ccccc3)cccc-2c1-c1ccccn1. The van der Waals surface area contributed by atoms with Crippen molar-refractivity contribution in [2.75, 3.05) is 0 Å². The van der Waals surface area contributed by atoms with E-state index in [-0.39, 0.29) is 32.3 Å². The fourth-order valence-electron chi connectivity index (χ4n) is 3.24. The molecule has 30 heavy (non-hydrogen) atoms. The molecule has 1 heterocycles. The van der Waals surface area contributed by atoms with Gasteiger partial charge in [0.25, 0.3) is 0 Å². The second-order valence-electron chi connectivity index (χ2n) is 7.17. The maximum atomic E-state index is 8.56. The van der Waals surface area contributed by atoms with E-state index in [4.69, 9.17) is 10.2 Å². The number of nitrogens with zero attached hydrogens (tertiary/aromatic N) is 1. The van der Waals surface area contributed by atoms with Gasteiger partial charge in [0.1, 0.15) is 0 Å². The predicted octanol–water partition coefficient (Wildman–Crippen LogP) is 5.46. The Bertz CT molecular complexity index is 982. The summed E-state index contributed by atoms with van der Waals surface area (Å²) >= 11 is 0. The van der Waals surface area contributed by atoms with E-state index in [1.54, 1.807) is 13.8 Å². The Morgan fingerprint density at radius 2 is 1.47 bits per heavy atom. The quantitative estimate of drug-likeness (QED) is 0.318.